The van der Waals surface area contributed by atoms with Crippen LogP contribution in [0.1, 0.15) is 0 Å². The van der Waals surface area contributed by atoms with Gasteiger partial charge in [-0.2, -0.15) is 0 Å². The molecular weight excluding hydrogens is 474 g/mol. The van der Waals surface area contributed by atoms with E-state index in [1.165, 1.54) is 38.2 Å². The molecule has 0 aliphatic heterocycles. The van der Waals surface area contributed by atoms with Crippen molar-refractivity contribution in [2.45, 2.75) is 0 Å². The Morgan fingerprint density at radius 3 is 1.69 bits per heavy atom. The molecule has 39 heavy (non-hydrogen) atoms. The molecule has 0 spiro atoms. The molecular formula is C37H23NO. The molecule has 2 heteroatoms. The van der Waals surface area contributed by atoms with E-state index < -0.39 is 0 Å². The molecule has 0 radical (unpaired) electrons. The van der Waals surface area contributed by atoms with Crippen molar-refractivity contribution < 1.29 is 4.42 Å². The Bertz CT molecular complexity index is 2120. The zero-order valence-corrected chi connectivity index (χ0v) is 21.1. The van der Waals surface area contributed by atoms with Crippen molar-refractivity contribution in [3.05, 3.63) is 140 Å². The van der Waals surface area contributed by atoms with Crippen LogP contribution in [0.2, 0.25) is 0 Å². The molecule has 0 bridgehead atoms. The first-order valence-corrected chi connectivity index (χ1v) is 13.2. The summed E-state index contributed by atoms with van der Waals surface area (Å²) in [6.45, 7) is 0. The van der Waals surface area contributed by atoms with Gasteiger partial charge >= 0.3 is 0 Å². The summed E-state index contributed by atoms with van der Waals surface area (Å²) in [5.74, 6) is 0. The van der Waals surface area contributed by atoms with Gasteiger partial charge in [0.1, 0.15) is 11.2 Å². The van der Waals surface area contributed by atoms with Crippen molar-refractivity contribution in [3.8, 4) is 33.4 Å². The molecule has 0 fully saturated rings. The summed E-state index contributed by atoms with van der Waals surface area (Å²) in [6.07, 6.45) is 3.79. The van der Waals surface area contributed by atoms with Crippen molar-refractivity contribution >= 4 is 43.5 Å². The minimum absolute atomic E-state index is 0.916. The zero-order valence-electron chi connectivity index (χ0n) is 21.1. The number of rotatable bonds is 3. The lowest BCUT2D eigenvalue weighted by atomic mass is 9.86. The maximum absolute atomic E-state index is 6.38. The summed E-state index contributed by atoms with van der Waals surface area (Å²) in [4.78, 5) is 4.43. The van der Waals surface area contributed by atoms with Crippen molar-refractivity contribution in [3.63, 3.8) is 0 Å². The summed E-state index contributed by atoms with van der Waals surface area (Å²) < 4.78 is 6.38. The van der Waals surface area contributed by atoms with E-state index in [4.69, 9.17) is 4.42 Å². The SMILES string of the molecule is c1cncc(-c2c3ccccc3c(-c3cccc(-c4cccc5c4oc4ccccc45)c3)c3ccccc23)c1. The quantitative estimate of drug-likeness (QED) is 0.227. The normalized spacial score (nSPS) is 11.6. The van der Waals surface area contributed by atoms with Gasteiger partial charge < -0.3 is 4.42 Å². The lowest BCUT2D eigenvalue weighted by molar-refractivity contribution is 0.670. The molecule has 2 heterocycles. The number of furan rings is 1. The van der Waals surface area contributed by atoms with Crippen LogP contribution in [-0.2, 0) is 0 Å². The van der Waals surface area contributed by atoms with Crippen molar-refractivity contribution in [1.29, 1.82) is 0 Å². The molecule has 8 rings (SSSR count). The van der Waals surface area contributed by atoms with E-state index in [1.807, 2.05) is 30.6 Å². The molecule has 0 amide bonds. The third-order valence-electron chi connectivity index (χ3n) is 7.75. The van der Waals surface area contributed by atoms with E-state index in [2.05, 4.69) is 114 Å². The summed E-state index contributed by atoms with van der Waals surface area (Å²) in [6, 6.07) is 45.2. The number of para-hydroxylation sites is 2. The maximum atomic E-state index is 6.38. The second kappa shape index (κ2) is 8.68. The smallest absolute Gasteiger partial charge is 0.143 e. The summed E-state index contributed by atoms with van der Waals surface area (Å²) in [5.41, 5.74) is 8.87. The van der Waals surface area contributed by atoms with Gasteiger partial charge in [0.15, 0.2) is 0 Å². The predicted molar refractivity (Wildman–Crippen MR) is 163 cm³/mol. The molecule has 0 aliphatic rings. The Morgan fingerprint density at radius 2 is 1.00 bits per heavy atom. The second-order valence-electron chi connectivity index (χ2n) is 9.94. The van der Waals surface area contributed by atoms with Gasteiger partial charge in [-0.1, -0.05) is 109 Å². The number of aromatic nitrogens is 1. The highest BCUT2D eigenvalue weighted by Gasteiger charge is 2.18. The van der Waals surface area contributed by atoms with Gasteiger partial charge in [0, 0.05) is 34.3 Å². The van der Waals surface area contributed by atoms with Crippen LogP contribution in [0.25, 0.3) is 76.9 Å². The van der Waals surface area contributed by atoms with Crippen LogP contribution in [0.4, 0.5) is 0 Å². The molecule has 0 aliphatic carbocycles. The molecule has 6 aromatic carbocycles. The standard InChI is InChI=1S/C37H23NO/c1-3-16-31-29(14-1)35(30-15-2-4-17-32(30)36(31)26-12-9-21-38-23-26)25-11-7-10-24(22-25)27-18-8-19-33-28-13-5-6-20-34(28)39-37(27)33/h1-23H. The predicted octanol–water partition coefficient (Wildman–Crippen LogP) is 10.3. The van der Waals surface area contributed by atoms with E-state index in [1.54, 1.807) is 0 Å². The summed E-state index contributed by atoms with van der Waals surface area (Å²) >= 11 is 0. The molecule has 0 atom stereocenters. The van der Waals surface area contributed by atoms with Crippen LogP contribution in [0.15, 0.2) is 144 Å². The Labute approximate surface area is 225 Å². The highest BCUT2D eigenvalue weighted by Crippen LogP contribution is 2.44. The van der Waals surface area contributed by atoms with Crippen LogP contribution in [0, 0.1) is 0 Å². The number of hydrogen-bond donors (Lipinski definition) is 0. The minimum Gasteiger partial charge on any atom is -0.455 e. The summed E-state index contributed by atoms with van der Waals surface area (Å²) in [7, 11) is 0. The fraction of sp³-hybridized carbons (Fsp3) is 0. The lowest BCUT2D eigenvalue weighted by Crippen LogP contribution is -1.91. The number of hydrogen-bond acceptors (Lipinski definition) is 2. The third kappa shape index (κ3) is 3.39. The summed E-state index contributed by atoms with van der Waals surface area (Å²) in [5, 5.41) is 7.20. The number of nitrogens with zero attached hydrogens (tertiary/aromatic N) is 1. The Balaban J connectivity index is 1.42. The van der Waals surface area contributed by atoms with Crippen LogP contribution in [0.3, 0.4) is 0 Å². The Morgan fingerprint density at radius 1 is 0.436 bits per heavy atom. The van der Waals surface area contributed by atoms with E-state index in [-0.39, 0.29) is 0 Å². The van der Waals surface area contributed by atoms with Gasteiger partial charge in [0.2, 0.25) is 0 Å². The first-order valence-electron chi connectivity index (χ1n) is 13.2. The maximum Gasteiger partial charge on any atom is 0.143 e. The molecule has 2 nitrogen and oxygen atoms in total. The minimum atomic E-state index is 0.916. The number of benzene rings is 6. The highest BCUT2D eigenvalue weighted by atomic mass is 16.3. The molecule has 0 N–H and O–H groups in total. The zero-order chi connectivity index (χ0) is 25.8. The third-order valence-corrected chi connectivity index (χ3v) is 7.75. The average molecular weight is 498 g/mol. The molecule has 0 saturated heterocycles. The highest BCUT2D eigenvalue weighted by molar-refractivity contribution is 6.21. The van der Waals surface area contributed by atoms with Gasteiger partial charge in [-0.3, -0.25) is 4.98 Å². The van der Waals surface area contributed by atoms with Crippen molar-refractivity contribution in [1.82, 2.24) is 4.98 Å². The molecule has 0 unspecified atom stereocenters. The van der Waals surface area contributed by atoms with Crippen LogP contribution in [-0.4, -0.2) is 4.98 Å². The van der Waals surface area contributed by atoms with Gasteiger partial charge in [0.25, 0.3) is 0 Å². The fourth-order valence-electron chi connectivity index (χ4n) is 6.08. The Hall–Kier alpha value is -5.21. The van der Waals surface area contributed by atoms with Gasteiger partial charge in [-0.15, -0.1) is 0 Å². The van der Waals surface area contributed by atoms with Crippen LogP contribution < -0.4 is 0 Å². The first-order chi connectivity index (χ1) is 19.4. The van der Waals surface area contributed by atoms with E-state index in [0.29, 0.717) is 0 Å². The first kappa shape index (κ1) is 21.8. The topological polar surface area (TPSA) is 26.0 Å². The van der Waals surface area contributed by atoms with Crippen molar-refractivity contribution in [2.24, 2.45) is 0 Å². The van der Waals surface area contributed by atoms with E-state index in [9.17, 15) is 0 Å². The fourth-order valence-corrected chi connectivity index (χ4v) is 6.08. The molecule has 8 aromatic rings. The molecule has 2 aromatic heterocycles. The molecule has 0 saturated carbocycles. The van der Waals surface area contributed by atoms with E-state index >= 15 is 0 Å². The second-order valence-corrected chi connectivity index (χ2v) is 9.94. The van der Waals surface area contributed by atoms with E-state index in [0.717, 1.165) is 38.6 Å². The van der Waals surface area contributed by atoms with Gasteiger partial charge in [-0.05, 0) is 62.0 Å². The lowest BCUT2D eigenvalue weighted by Gasteiger charge is -2.18. The van der Waals surface area contributed by atoms with Gasteiger partial charge in [0.05, 0.1) is 0 Å². The molecule has 182 valence electrons. The van der Waals surface area contributed by atoms with Gasteiger partial charge in [-0.25, -0.2) is 0 Å². The van der Waals surface area contributed by atoms with Crippen LogP contribution in [0.5, 0.6) is 0 Å². The number of pyridine rings is 1. The largest absolute Gasteiger partial charge is 0.455 e. The van der Waals surface area contributed by atoms with Crippen LogP contribution >= 0.6 is 0 Å². The van der Waals surface area contributed by atoms with Crippen molar-refractivity contribution in [2.75, 3.05) is 0 Å². The average Bonchev–Trinajstić information content (AvgIpc) is 3.39. The Kier molecular flexibility index (Phi) is 4.86. The monoisotopic (exact) mass is 497 g/mol. The number of fused-ring (bicyclic) bond motifs is 5.